The summed E-state index contributed by atoms with van der Waals surface area (Å²) in [5.74, 6) is -0.117. The maximum Gasteiger partial charge on any atom is 0.178 e. The Morgan fingerprint density at radius 1 is 1.50 bits per heavy atom. The first-order valence-electron chi connectivity index (χ1n) is 5.19. The van der Waals surface area contributed by atoms with Gasteiger partial charge in [-0.15, -0.1) is 0 Å². The normalized spacial score (nSPS) is 11.2. The van der Waals surface area contributed by atoms with Crippen LogP contribution < -0.4 is 5.73 Å². The summed E-state index contributed by atoms with van der Waals surface area (Å²) < 4.78 is 1.96. The van der Waals surface area contributed by atoms with Crippen molar-refractivity contribution < 1.29 is 4.79 Å². The summed E-state index contributed by atoms with van der Waals surface area (Å²) in [6.07, 6.45) is 3.29. The van der Waals surface area contributed by atoms with Crippen molar-refractivity contribution in [3.63, 3.8) is 0 Å². The van der Waals surface area contributed by atoms with Gasteiger partial charge in [0.05, 0.1) is 12.9 Å². The lowest BCUT2D eigenvalue weighted by molar-refractivity contribution is 0.100. The van der Waals surface area contributed by atoms with E-state index in [0.717, 1.165) is 11.2 Å². The van der Waals surface area contributed by atoms with Crippen molar-refractivity contribution in [2.24, 2.45) is 5.73 Å². The predicted octanol–water partition coefficient (Wildman–Crippen LogP) is 1.15. The number of Topliss-reactive ketones (excluding diaryl/α,β-unsaturated/α-hetero) is 1. The van der Waals surface area contributed by atoms with Crippen molar-refractivity contribution in [2.75, 3.05) is 6.54 Å². The molecule has 5 heteroatoms. The van der Waals surface area contributed by atoms with Crippen LogP contribution in [0.25, 0.3) is 11.2 Å². The average molecular weight is 218 g/mol. The van der Waals surface area contributed by atoms with Crippen molar-refractivity contribution in [1.82, 2.24) is 14.5 Å². The van der Waals surface area contributed by atoms with E-state index in [4.69, 9.17) is 5.73 Å². The molecule has 0 unspecified atom stereocenters. The van der Waals surface area contributed by atoms with Gasteiger partial charge in [0.15, 0.2) is 11.4 Å². The first kappa shape index (κ1) is 10.8. The van der Waals surface area contributed by atoms with Crippen molar-refractivity contribution >= 4 is 16.9 Å². The molecular weight excluding hydrogens is 204 g/mol. The molecule has 0 amide bonds. The summed E-state index contributed by atoms with van der Waals surface area (Å²) in [4.78, 5) is 19.9. The third-order valence-corrected chi connectivity index (χ3v) is 2.48. The second-order valence-electron chi connectivity index (χ2n) is 3.94. The second kappa shape index (κ2) is 4.02. The number of ketones is 1. The third kappa shape index (κ3) is 1.69. The number of imidazole rings is 1. The number of pyridine rings is 1. The van der Waals surface area contributed by atoms with Gasteiger partial charge in [-0.05, 0) is 19.9 Å². The second-order valence-corrected chi connectivity index (χ2v) is 3.94. The molecule has 0 aromatic carbocycles. The van der Waals surface area contributed by atoms with Gasteiger partial charge in [0.2, 0.25) is 0 Å². The number of nitrogens with two attached hydrogens (primary N) is 1. The van der Waals surface area contributed by atoms with E-state index in [2.05, 4.69) is 23.8 Å². The van der Waals surface area contributed by atoms with E-state index >= 15 is 0 Å². The monoisotopic (exact) mass is 218 g/mol. The Labute approximate surface area is 93.3 Å². The summed E-state index contributed by atoms with van der Waals surface area (Å²) in [7, 11) is 0. The standard InChI is InChI=1S/C11H14N4O/c1-7(2)15-6-14-9-3-8(10(16)4-12)5-13-11(9)15/h3,5-7H,4,12H2,1-2H3. The quantitative estimate of drug-likeness (QED) is 0.784. The van der Waals surface area contributed by atoms with Gasteiger partial charge >= 0.3 is 0 Å². The van der Waals surface area contributed by atoms with Gasteiger partial charge < -0.3 is 10.3 Å². The van der Waals surface area contributed by atoms with Crippen LogP contribution in [0.15, 0.2) is 18.6 Å². The van der Waals surface area contributed by atoms with Crippen LogP contribution in [0.1, 0.15) is 30.2 Å². The molecule has 0 spiro atoms. The summed E-state index contributed by atoms with van der Waals surface area (Å²) >= 11 is 0. The Morgan fingerprint density at radius 2 is 2.25 bits per heavy atom. The summed E-state index contributed by atoms with van der Waals surface area (Å²) in [6, 6.07) is 2.03. The van der Waals surface area contributed by atoms with E-state index in [1.165, 1.54) is 0 Å². The molecule has 0 aliphatic rings. The smallest absolute Gasteiger partial charge is 0.178 e. The number of aromatic nitrogens is 3. The third-order valence-electron chi connectivity index (χ3n) is 2.48. The van der Waals surface area contributed by atoms with Gasteiger partial charge in [-0.3, -0.25) is 4.79 Å². The summed E-state index contributed by atoms with van der Waals surface area (Å²) in [6.45, 7) is 4.11. The molecule has 0 fully saturated rings. The lowest BCUT2D eigenvalue weighted by Gasteiger charge is -2.06. The van der Waals surface area contributed by atoms with Crippen molar-refractivity contribution in [1.29, 1.82) is 0 Å². The molecule has 2 rings (SSSR count). The zero-order valence-corrected chi connectivity index (χ0v) is 9.34. The first-order valence-corrected chi connectivity index (χ1v) is 5.19. The molecule has 0 bridgehead atoms. The molecule has 0 saturated carbocycles. The Bertz CT molecular complexity index is 530. The van der Waals surface area contributed by atoms with E-state index in [1.54, 1.807) is 18.6 Å². The molecule has 0 saturated heterocycles. The largest absolute Gasteiger partial charge is 0.324 e. The SMILES string of the molecule is CC(C)n1cnc2cc(C(=O)CN)cnc21. The Kier molecular flexibility index (Phi) is 2.70. The minimum atomic E-state index is -0.117. The van der Waals surface area contributed by atoms with Crippen LogP contribution in [0.3, 0.4) is 0 Å². The minimum Gasteiger partial charge on any atom is -0.324 e. The summed E-state index contributed by atoms with van der Waals surface area (Å²) in [5, 5.41) is 0. The van der Waals surface area contributed by atoms with E-state index < -0.39 is 0 Å². The molecular formula is C11H14N4O. The van der Waals surface area contributed by atoms with Crippen LogP contribution >= 0.6 is 0 Å². The van der Waals surface area contributed by atoms with Gasteiger partial charge in [0.25, 0.3) is 0 Å². The highest BCUT2D eigenvalue weighted by atomic mass is 16.1. The van der Waals surface area contributed by atoms with E-state index in [0.29, 0.717) is 11.6 Å². The van der Waals surface area contributed by atoms with E-state index in [9.17, 15) is 4.79 Å². The molecule has 2 N–H and O–H groups in total. The average Bonchev–Trinajstić information content (AvgIpc) is 2.70. The topological polar surface area (TPSA) is 73.8 Å². The van der Waals surface area contributed by atoms with Crippen LogP contribution in [0, 0.1) is 0 Å². The molecule has 2 heterocycles. The molecule has 16 heavy (non-hydrogen) atoms. The number of rotatable bonds is 3. The molecule has 2 aromatic rings. The zero-order valence-electron chi connectivity index (χ0n) is 9.34. The molecule has 0 atom stereocenters. The highest BCUT2D eigenvalue weighted by Crippen LogP contribution is 2.16. The first-order chi connectivity index (χ1) is 7.63. The predicted molar refractivity (Wildman–Crippen MR) is 61.3 cm³/mol. The van der Waals surface area contributed by atoms with Gasteiger partial charge in [0.1, 0.15) is 5.52 Å². The van der Waals surface area contributed by atoms with Crippen molar-refractivity contribution in [2.45, 2.75) is 19.9 Å². The van der Waals surface area contributed by atoms with Crippen LogP contribution in [-0.4, -0.2) is 26.9 Å². The maximum absolute atomic E-state index is 11.4. The fraction of sp³-hybridized carbons (Fsp3) is 0.364. The van der Waals surface area contributed by atoms with Crippen LogP contribution in [0.4, 0.5) is 0 Å². The minimum absolute atomic E-state index is 0.00191. The Balaban J connectivity index is 2.53. The van der Waals surface area contributed by atoms with E-state index in [1.807, 2.05) is 4.57 Å². The number of carbonyl (C=O) groups excluding carboxylic acids is 1. The number of carbonyl (C=O) groups is 1. The van der Waals surface area contributed by atoms with E-state index in [-0.39, 0.29) is 12.3 Å². The number of hydrogen-bond donors (Lipinski definition) is 1. The molecule has 2 aromatic heterocycles. The number of fused-ring (bicyclic) bond motifs is 1. The van der Waals surface area contributed by atoms with Gasteiger partial charge in [-0.2, -0.15) is 0 Å². The van der Waals surface area contributed by atoms with Crippen molar-refractivity contribution in [3.8, 4) is 0 Å². The van der Waals surface area contributed by atoms with Gasteiger partial charge in [-0.1, -0.05) is 0 Å². The lowest BCUT2D eigenvalue weighted by Crippen LogP contribution is -2.13. The molecule has 0 radical (unpaired) electrons. The molecule has 84 valence electrons. The van der Waals surface area contributed by atoms with Crippen molar-refractivity contribution in [3.05, 3.63) is 24.2 Å². The van der Waals surface area contributed by atoms with Crippen LogP contribution in [0.5, 0.6) is 0 Å². The van der Waals surface area contributed by atoms with Gasteiger partial charge in [-0.25, -0.2) is 9.97 Å². The fourth-order valence-corrected chi connectivity index (χ4v) is 1.57. The van der Waals surface area contributed by atoms with Crippen LogP contribution in [-0.2, 0) is 0 Å². The highest BCUT2D eigenvalue weighted by Gasteiger charge is 2.10. The number of hydrogen-bond acceptors (Lipinski definition) is 4. The van der Waals surface area contributed by atoms with Gasteiger partial charge in [0, 0.05) is 17.8 Å². The maximum atomic E-state index is 11.4. The molecule has 0 aliphatic carbocycles. The van der Waals surface area contributed by atoms with Crippen LogP contribution in [0.2, 0.25) is 0 Å². The zero-order chi connectivity index (χ0) is 11.7. The Morgan fingerprint density at radius 3 is 2.88 bits per heavy atom. The Hall–Kier alpha value is -1.75. The molecule has 5 nitrogen and oxygen atoms in total. The number of nitrogens with zero attached hydrogens (tertiary/aromatic N) is 3. The molecule has 0 aliphatic heterocycles. The fourth-order valence-electron chi connectivity index (χ4n) is 1.57. The lowest BCUT2D eigenvalue weighted by atomic mass is 10.2. The highest BCUT2D eigenvalue weighted by molar-refractivity contribution is 5.99. The summed E-state index contributed by atoms with van der Waals surface area (Å²) in [5.41, 5.74) is 7.34.